The summed E-state index contributed by atoms with van der Waals surface area (Å²) in [5.41, 5.74) is 0.100. The minimum atomic E-state index is 0.100. The van der Waals surface area contributed by atoms with Crippen molar-refractivity contribution in [2.75, 3.05) is 17.6 Å². The van der Waals surface area contributed by atoms with Gasteiger partial charge in [0.25, 0.3) is 0 Å². The first-order chi connectivity index (χ1) is 8.22. The summed E-state index contributed by atoms with van der Waals surface area (Å²) >= 11 is 2.46. The zero-order valence-electron chi connectivity index (χ0n) is 11.3. The number of rotatable bonds is 8. The summed E-state index contributed by atoms with van der Waals surface area (Å²) in [5, 5.41) is 0. The molecular weight excluding hydrogens is 327 g/mol. The van der Waals surface area contributed by atoms with E-state index in [1.807, 2.05) is 0 Å². The number of unbranched alkanes of at least 4 members (excludes halogenated alkanes) is 3. The second kappa shape index (κ2) is 8.70. The van der Waals surface area contributed by atoms with Crippen molar-refractivity contribution in [2.24, 2.45) is 0 Å². The van der Waals surface area contributed by atoms with Gasteiger partial charge in [0, 0.05) is 30.5 Å². The molecule has 1 unspecified atom stereocenters. The monoisotopic (exact) mass is 354 g/mol. The van der Waals surface area contributed by atoms with Crippen LogP contribution in [0.2, 0.25) is 0 Å². The Morgan fingerprint density at radius 1 is 1.24 bits per heavy atom. The van der Waals surface area contributed by atoms with Gasteiger partial charge in [-0.05, 0) is 13.3 Å². The molecule has 1 saturated heterocycles. The maximum atomic E-state index is 6.32. The van der Waals surface area contributed by atoms with Crippen LogP contribution in [-0.2, 0) is 9.47 Å². The molecule has 1 aliphatic heterocycles. The predicted molar refractivity (Wildman–Crippen MR) is 81.0 cm³/mol. The van der Waals surface area contributed by atoms with Gasteiger partial charge in [0.15, 0.2) is 0 Å². The topological polar surface area (TPSA) is 18.5 Å². The summed E-state index contributed by atoms with van der Waals surface area (Å²) < 4.78 is 12.8. The molecule has 2 nitrogen and oxygen atoms in total. The number of halogens is 1. The number of hydrogen-bond acceptors (Lipinski definition) is 2. The maximum absolute atomic E-state index is 6.32. The fourth-order valence-electron chi connectivity index (χ4n) is 2.37. The molecule has 1 fully saturated rings. The van der Waals surface area contributed by atoms with E-state index in [1.54, 1.807) is 0 Å². The van der Waals surface area contributed by atoms with Crippen molar-refractivity contribution in [2.45, 2.75) is 70.5 Å². The summed E-state index contributed by atoms with van der Waals surface area (Å²) in [6.45, 7) is 6.22. The van der Waals surface area contributed by atoms with Gasteiger partial charge in [-0.1, -0.05) is 55.2 Å². The number of ether oxygens (including phenoxy) is 2. The molecule has 3 heteroatoms. The standard InChI is InChI=1S/C14H27IO2/c1-3-4-5-6-7-13(2)17-14(12-15)8-10-16-11-9-14/h13H,3-12H2,1-2H3. The van der Waals surface area contributed by atoms with Crippen molar-refractivity contribution in [3.63, 3.8) is 0 Å². The average Bonchev–Trinajstić information content (AvgIpc) is 2.36. The zero-order valence-corrected chi connectivity index (χ0v) is 13.5. The van der Waals surface area contributed by atoms with Crippen LogP contribution in [0.4, 0.5) is 0 Å². The maximum Gasteiger partial charge on any atom is 0.0818 e. The highest BCUT2D eigenvalue weighted by Gasteiger charge is 2.33. The van der Waals surface area contributed by atoms with Gasteiger partial charge in [-0.2, -0.15) is 0 Å². The quantitative estimate of drug-likeness (QED) is 0.367. The van der Waals surface area contributed by atoms with Gasteiger partial charge in [0.05, 0.1) is 11.7 Å². The van der Waals surface area contributed by atoms with Gasteiger partial charge in [-0.3, -0.25) is 0 Å². The third-order valence-corrected chi connectivity index (χ3v) is 4.95. The molecule has 0 spiro atoms. The Balaban J connectivity index is 2.24. The van der Waals surface area contributed by atoms with Crippen molar-refractivity contribution in [3.8, 4) is 0 Å². The van der Waals surface area contributed by atoms with E-state index in [2.05, 4.69) is 36.4 Å². The van der Waals surface area contributed by atoms with Crippen LogP contribution in [0.1, 0.15) is 58.8 Å². The first-order valence-electron chi connectivity index (χ1n) is 7.04. The van der Waals surface area contributed by atoms with Crippen LogP contribution in [0.25, 0.3) is 0 Å². The Bertz CT molecular complexity index is 191. The van der Waals surface area contributed by atoms with Crippen LogP contribution in [0.3, 0.4) is 0 Å². The van der Waals surface area contributed by atoms with Crippen LogP contribution in [-0.4, -0.2) is 29.3 Å². The van der Waals surface area contributed by atoms with E-state index in [-0.39, 0.29) is 5.60 Å². The average molecular weight is 354 g/mol. The molecule has 0 amide bonds. The van der Waals surface area contributed by atoms with Gasteiger partial charge in [-0.25, -0.2) is 0 Å². The summed E-state index contributed by atoms with van der Waals surface area (Å²) in [7, 11) is 0. The van der Waals surface area contributed by atoms with Crippen LogP contribution >= 0.6 is 22.6 Å². The van der Waals surface area contributed by atoms with E-state index >= 15 is 0 Å². The van der Waals surface area contributed by atoms with E-state index in [0.29, 0.717) is 6.10 Å². The Morgan fingerprint density at radius 3 is 2.53 bits per heavy atom. The molecule has 0 aliphatic carbocycles. The summed E-state index contributed by atoms with van der Waals surface area (Å²) in [6, 6.07) is 0. The highest BCUT2D eigenvalue weighted by Crippen LogP contribution is 2.29. The second-order valence-corrected chi connectivity index (χ2v) is 5.97. The van der Waals surface area contributed by atoms with E-state index in [0.717, 1.165) is 30.5 Å². The van der Waals surface area contributed by atoms with Crippen molar-refractivity contribution in [1.29, 1.82) is 0 Å². The van der Waals surface area contributed by atoms with Gasteiger partial charge < -0.3 is 9.47 Å². The molecule has 0 N–H and O–H groups in total. The lowest BCUT2D eigenvalue weighted by atomic mass is 9.96. The molecule has 17 heavy (non-hydrogen) atoms. The molecule has 1 heterocycles. The van der Waals surface area contributed by atoms with Gasteiger partial charge in [0.1, 0.15) is 0 Å². The van der Waals surface area contributed by atoms with Crippen LogP contribution in [0, 0.1) is 0 Å². The molecule has 1 aliphatic rings. The minimum Gasteiger partial charge on any atom is -0.381 e. The van der Waals surface area contributed by atoms with E-state index in [1.165, 1.54) is 32.1 Å². The molecular formula is C14H27IO2. The van der Waals surface area contributed by atoms with Gasteiger partial charge >= 0.3 is 0 Å². The highest BCUT2D eigenvalue weighted by molar-refractivity contribution is 14.1. The fraction of sp³-hybridized carbons (Fsp3) is 1.00. The molecule has 0 aromatic heterocycles. The van der Waals surface area contributed by atoms with E-state index < -0.39 is 0 Å². The molecule has 1 atom stereocenters. The van der Waals surface area contributed by atoms with Crippen LogP contribution in [0.15, 0.2) is 0 Å². The number of hydrogen-bond donors (Lipinski definition) is 0. The largest absolute Gasteiger partial charge is 0.381 e. The normalized spacial score (nSPS) is 21.4. The molecule has 0 bridgehead atoms. The smallest absolute Gasteiger partial charge is 0.0818 e. The molecule has 0 aromatic carbocycles. The molecule has 0 radical (unpaired) electrons. The lowest BCUT2D eigenvalue weighted by molar-refractivity contribution is -0.125. The second-order valence-electron chi connectivity index (χ2n) is 5.21. The molecule has 102 valence electrons. The van der Waals surface area contributed by atoms with Crippen molar-refractivity contribution >= 4 is 22.6 Å². The minimum absolute atomic E-state index is 0.100. The van der Waals surface area contributed by atoms with Gasteiger partial charge in [0.2, 0.25) is 0 Å². The Labute approximate surface area is 120 Å². The van der Waals surface area contributed by atoms with Crippen molar-refractivity contribution in [3.05, 3.63) is 0 Å². The third kappa shape index (κ3) is 5.88. The van der Waals surface area contributed by atoms with E-state index in [4.69, 9.17) is 9.47 Å². The first-order valence-corrected chi connectivity index (χ1v) is 8.56. The molecule has 0 saturated carbocycles. The van der Waals surface area contributed by atoms with Crippen LogP contribution in [0.5, 0.6) is 0 Å². The highest BCUT2D eigenvalue weighted by atomic mass is 127. The summed E-state index contributed by atoms with van der Waals surface area (Å²) in [5.74, 6) is 0. The summed E-state index contributed by atoms with van der Waals surface area (Å²) in [4.78, 5) is 0. The zero-order chi connectivity index (χ0) is 12.6. The Hall–Kier alpha value is 0.650. The molecule has 1 rings (SSSR count). The lowest BCUT2D eigenvalue weighted by Crippen LogP contribution is -2.43. The van der Waals surface area contributed by atoms with Crippen LogP contribution < -0.4 is 0 Å². The van der Waals surface area contributed by atoms with E-state index in [9.17, 15) is 0 Å². The number of alkyl halides is 1. The third-order valence-electron chi connectivity index (χ3n) is 3.56. The Kier molecular flexibility index (Phi) is 8.04. The van der Waals surface area contributed by atoms with Crippen molar-refractivity contribution in [1.82, 2.24) is 0 Å². The fourth-order valence-corrected chi connectivity index (χ4v) is 3.31. The summed E-state index contributed by atoms with van der Waals surface area (Å²) in [6.07, 6.45) is 9.07. The lowest BCUT2D eigenvalue weighted by Gasteiger charge is -2.38. The predicted octanol–water partition coefficient (Wildman–Crippen LogP) is 4.35. The Morgan fingerprint density at radius 2 is 1.94 bits per heavy atom. The first kappa shape index (κ1) is 15.7. The molecule has 0 aromatic rings. The van der Waals surface area contributed by atoms with Crippen molar-refractivity contribution < 1.29 is 9.47 Å². The SMILES string of the molecule is CCCCCCC(C)OC1(CI)CCOCC1. The van der Waals surface area contributed by atoms with Gasteiger partial charge in [-0.15, -0.1) is 0 Å².